The van der Waals surface area contributed by atoms with Crippen molar-refractivity contribution in [2.75, 3.05) is 18.5 Å². The molecule has 24 heavy (non-hydrogen) atoms. The smallest absolute Gasteiger partial charge is 0.329 e. The van der Waals surface area contributed by atoms with Crippen LogP contribution in [0.1, 0.15) is 11.1 Å². The van der Waals surface area contributed by atoms with Crippen LogP contribution in [0, 0.1) is 6.92 Å². The Kier molecular flexibility index (Phi) is 4.22. The van der Waals surface area contributed by atoms with E-state index in [4.69, 9.17) is 5.11 Å². The molecule has 3 rings (SSSR count). The Balaban J connectivity index is 2.19. The van der Waals surface area contributed by atoms with Crippen molar-refractivity contribution in [3.05, 3.63) is 56.2 Å². The standard InChI is InChI=1S/C16H19N5O3/c1-10-3-5-11(6-4-10)9-21-12-13(18-15(21)17-7-8-22)20(2)16(24)19-14(12)23/h3-6,22H,7-9H2,1-2H3,(H,17,18)(H,19,23,24). The Morgan fingerprint density at radius 3 is 2.62 bits per heavy atom. The number of H-pyrrole nitrogens is 1. The number of nitrogens with zero attached hydrogens (tertiary/aromatic N) is 3. The minimum atomic E-state index is -0.513. The summed E-state index contributed by atoms with van der Waals surface area (Å²) in [4.78, 5) is 30.7. The number of hydrogen-bond acceptors (Lipinski definition) is 5. The summed E-state index contributed by atoms with van der Waals surface area (Å²) in [5, 5.41) is 12.0. The highest BCUT2D eigenvalue weighted by atomic mass is 16.3. The molecule has 3 N–H and O–H groups in total. The Morgan fingerprint density at radius 1 is 1.25 bits per heavy atom. The topological polar surface area (TPSA) is 105 Å². The summed E-state index contributed by atoms with van der Waals surface area (Å²) in [6, 6.07) is 7.95. The molecule has 8 heteroatoms. The third-order valence-corrected chi connectivity index (χ3v) is 3.86. The van der Waals surface area contributed by atoms with E-state index in [1.165, 1.54) is 4.57 Å². The Bertz CT molecular complexity index is 982. The summed E-state index contributed by atoms with van der Waals surface area (Å²) in [5.41, 5.74) is 1.77. The number of aryl methyl sites for hydroxylation is 2. The van der Waals surface area contributed by atoms with Gasteiger partial charge in [-0.05, 0) is 12.5 Å². The molecule has 2 heterocycles. The van der Waals surface area contributed by atoms with Crippen LogP contribution in [0.5, 0.6) is 0 Å². The fraction of sp³-hybridized carbons (Fsp3) is 0.312. The van der Waals surface area contributed by atoms with Gasteiger partial charge in [-0.15, -0.1) is 0 Å². The summed E-state index contributed by atoms with van der Waals surface area (Å²) < 4.78 is 3.01. The van der Waals surface area contributed by atoms with Gasteiger partial charge < -0.3 is 10.4 Å². The van der Waals surface area contributed by atoms with Gasteiger partial charge in [-0.1, -0.05) is 29.8 Å². The highest BCUT2D eigenvalue weighted by Crippen LogP contribution is 2.17. The van der Waals surface area contributed by atoms with E-state index < -0.39 is 11.2 Å². The second-order valence-electron chi connectivity index (χ2n) is 5.65. The van der Waals surface area contributed by atoms with E-state index in [1.807, 2.05) is 31.2 Å². The van der Waals surface area contributed by atoms with Crippen LogP contribution in [0.15, 0.2) is 33.9 Å². The van der Waals surface area contributed by atoms with E-state index >= 15 is 0 Å². The molecule has 126 valence electrons. The Morgan fingerprint density at radius 2 is 1.96 bits per heavy atom. The number of fused-ring (bicyclic) bond motifs is 1. The molecule has 0 aliphatic rings. The van der Waals surface area contributed by atoms with Gasteiger partial charge in [-0.3, -0.25) is 18.9 Å². The number of imidazole rings is 1. The van der Waals surface area contributed by atoms with E-state index in [2.05, 4.69) is 15.3 Å². The van der Waals surface area contributed by atoms with Crippen molar-refractivity contribution in [3.8, 4) is 0 Å². The lowest BCUT2D eigenvalue weighted by atomic mass is 10.1. The second-order valence-corrected chi connectivity index (χ2v) is 5.65. The van der Waals surface area contributed by atoms with Crippen LogP contribution in [-0.2, 0) is 13.6 Å². The SMILES string of the molecule is Cc1ccc(Cn2c(NCCO)nc3c2c(=O)[nH]c(=O)n3C)cc1. The first-order valence-corrected chi connectivity index (χ1v) is 7.61. The minimum absolute atomic E-state index is 0.0664. The van der Waals surface area contributed by atoms with Gasteiger partial charge in [0, 0.05) is 13.6 Å². The fourth-order valence-corrected chi connectivity index (χ4v) is 2.57. The van der Waals surface area contributed by atoms with E-state index in [0.29, 0.717) is 30.2 Å². The molecule has 8 nitrogen and oxygen atoms in total. The molecule has 0 radical (unpaired) electrons. The fourth-order valence-electron chi connectivity index (χ4n) is 2.57. The van der Waals surface area contributed by atoms with Crippen molar-refractivity contribution >= 4 is 17.1 Å². The summed E-state index contributed by atoms with van der Waals surface area (Å²) >= 11 is 0. The van der Waals surface area contributed by atoms with Gasteiger partial charge in [0.25, 0.3) is 5.56 Å². The van der Waals surface area contributed by atoms with Gasteiger partial charge in [-0.25, -0.2) is 4.79 Å². The molecule has 2 aromatic heterocycles. The van der Waals surface area contributed by atoms with Crippen LogP contribution >= 0.6 is 0 Å². The number of aliphatic hydroxyl groups excluding tert-OH is 1. The third kappa shape index (κ3) is 2.83. The zero-order valence-electron chi connectivity index (χ0n) is 13.5. The minimum Gasteiger partial charge on any atom is -0.395 e. The van der Waals surface area contributed by atoms with Crippen molar-refractivity contribution in [2.24, 2.45) is 7.05 Å². The van der Waals surface area contributed by atoms with Crippen molar-refractivity contribution in [3.63, 3.8) is 0 Å². The zero-order valence-corrected chi connectivity index (χ0v) is 13.5. The number of aliphatic hydroxyl groups is 1. The van der Waals surface area contributed by atoms with Crippen LogP contribution in [0.3, 0.4) is 0 Å². The van der Waals surface area contributed by atoms with Crippen LogP contribution in [-0.4, -0.2) is 37.4 Å². The van der Waals surface area contributed by atoms with E-state index in [9.17, 15) is 9.59 Å². The third-order valence-electron chi connectivity index (χ3n) is 3.86. The predicted octanol–water partition coefficient (Wildman–Crippen LogP) is 0.184. The maximum absolute atomic E-state index is 12.3. The number of nitrogens with one attached hydrogen (secondary N) is 2. The van der Waals surface area contributed by atoms with Gasteiger partial charge in [0.1, 0.15) is 0 Å². The Hall–Kier alpha value is -2.87. The molecule has 3 aromatic rings. The molecular weight excluding hydrogens is 310 g/mol. The van der Waals surface area contributed by atoms with E-state index in [0.717, 1.165) is 11.1 Å². The number of aromatic amines is 1. The summed E-state index contributed by atoms with van der Waals surface area (Å²) in [6.07, 6.45) is 0. The molecule has 0 unspecified atom stereocenters. The molecule has 0 aliphatic heterocycles. The Labute approximate surface area is 137 Å². The monoisotopic (exact) mass is 329 g/mol. The summed E-state index contributed by atoms with van der Waals surface area (Å²) in [7, 11) is 1.56. The molecule has 0 amide bonds. The predicted molar refractivity (Wildman–Crippen MR) is 91.5 cm³/mol. The number of anilines is 1. The van der Waals surface area contributed by atoms with Crippen molar-refractivity contribution < 1.29 is 5.11 Å². The molecule has 1 aromatic carbocycles. The van der Waals surface area contributed by atoms with Gasteiger partial charge in [-0.2, -0.15) is 4.98 Å². The number of hydrogen-bond donors (Lipinski definition) is 3. The van der Waals surface area contributed by atoms with Crippen LogP contribution < -0.4 is 16.6 Å². The maximum Gasteiger partial charge on any atom is 0.329 e. The molecule has 0 atom stereocenters. The summed E-state index contributed by atoms with van der Waals surface area (Å²) in [5.74, 6) is 0.436. The van der Waals surface area contributed by atoms with Gasteiger partial charge in [0.15, 0.2) is 11.2 Å². The highest BCUT2D eigenvalue weighted by molar-refractivity contribution is 5.74. The van der Waals surface area contributed by atoms with Gasteiger partial charge in [0.05, 0.1) is 13.2 Å². The molecule has 0 bridgehead atoms. The highest BCUT2D eigenvalue weighted by Gasteiger charge is 2.17. The molecule has 0 saturated heterocycles. The summed E-state index contributed by atoms with van der Waals surface area (Å²) in [6.45, 7) is 2.66. The lowest BCUT2D eigenvalue weighted by Gasteiger charge is -2.10. The maximum atomic E-state index is 12.3. The molecule has 0 aliphatic carbocycles. The van der Waals surface area contributed by atoms with Crippen molar-refractivity contribution in [1.29, 1.82) is 0 Å². The van der Waals surface area contributed by atoms with Crippen molar-refractivity contribution in [2.45, 2.75) is 13.5 Å². The molecular formula is C16H19N5O3. The quantitative estimate of drug-likeness (QED) is 0.619. The lowest BCUT2D eigenvalue weighted by Crippen LogP contribution is -2.29. The average molecular weight is 329 g/mol. The van der Waals surface area contributed by atoms with E-state index in [1.54, 1.807) is 11.6 Å². The zero-order chi connectivity index (χ0) is 17.3. The molecule has 0 spiro atoms. The lowest BCUT2D eigenvalue weighted by molar-refractivity contribution is 0.310. The second kappa shape index (κ2) is 6.32. The number of aromatic nitrogens is 4. The average Bonchev–Trinajstić information content (AvgIpc) is 2.92. The normalized spacial score (nSPS) is 11.1. The van der Waals surface area contributed by atoms with Crippen LogP contribution in [0.4, 0.5) is 5.95 Å². The van der Waals surface area contributed by atoms with Crippen LogP contribution in [0.25, 0.3) is 11.2 Å². The van der Waals surface area contributed by atoms with Crippen LogP contribution in [0.2, 0.25) is 0 Å². The number of benzene rings is 1. The van der Waals surface area contributed by atoms with Gasteiger partial charge >= 0.3 is 5.69 Å². The molecule has 0 saturated carbocycles. The largest absolute Gasteiger partial charge is 0.395 e. The van der Waals surface area contributed by atoms with E-state index in [-0.39, 0.29) is 6.61 Å². The van der Waals surface area contributed by atoms with Crippen molar-refractivity contribution in [1.82, 2.24) is 19.1 Å². The first kappa shape index (κ1) is 16.0. The molecule has 0 fully saturated rings. The van der Waals surface area contributed by atoms with Gasteiger partial charge in [0.2, 0.25) is 5.95 Å². The number of rotatable bonds is 5. The first-order valence-electron chi connectivity index (χ1n) is 7.61. The first-order chi connectivity index (χ1) is 11.5.